The van der Waals surface area contributed by atoms with Gasteiger partial charge in [0.05, 0.1) is 0 Å². The highest BCUT2D eigenvalue weighted by molar-refractivity contribution is 8.10. The fourth-order valence-corrected chi connectivity index (χ4v) is 6.47. The van der Waals surface area contributed by atoms with Crippen LogP contribution >= 0.6 is 23.5 Å². The number of carbonyl (C=O) groups is 3. The molecule has 0 saturated carbocycles. The molecule has 35 heavy (non-hydrogen) atoms. The first kappa shape index (κ1) is 26.9. The molecule has 0 aliphatic carbocycles. The Labute approximate surface area is 210 Å². The summed E-state index contributed by atoms with van der Waals surface area (Å²) in [6, 6.07) is -0.994. The Kier molecular flexibility index (Phi) is 8.10. The van der Waals surface area contributed by atoms with Crippen molar-refractivity contribution in [2.45, 2.75) is 65.5 Å². The van der Waals surface area contributed by atoms with Gasteiger partial charge in [-0.05, 0) is 27.7 Å². The Hall–Kier alpha value is -2.67. The van der Waals surface area contributed by atoms with Gasteiger partial charge in [0.1, 0.15) is 24.4 Å². The van der Waals surface area contributed by atoms with E-state index in [1.54, 1.807) is 27.7 Å². The Morgan fingerprint density at radius 2 is 1.71 bits per heavy atom. The largest absolute Gasteiger partial charge is 0.464 e. The lowest BCUT2D eigenvalue weighted by atomic mass is 10.0. The molecular formula is C22H29N3O8S2. The molecule has 1 aromatic rings. The standard InChI is InChI=1S/C22H29N3O8S2/c1-11-9-24(20(29)23-18(11)28)19-17-16(34-7-8-35-17)15(32-13(3)27)14(10-31-12(2)26)25(19)21(30)33-22(4,5)6/h9,14-15,19H,7-8,10H2,1-6H3,(H,23,28,29)/t14-,15-,19+/m0/s1. The highest BCUT2D eigenvalue weighted by Gasteiger charge is 2.50. The molecule has 3 rings (SSSR count). The predicted octanol–water partition coefficient (Wildman–Crippen LogP) is 2.15. The monoisotopic (exact) mass is 527 g/mol. The second-order valence-corrected chi connectivity index (χ2v) is 11.3. The summed E-state index contributed by atoms with van der Waals surface area (Å²) in [5.74, 6) is 0.223. The van der Waals surface area contributed by atoms with Crippen molar-refractivity contribution in [2.24, 2.45) is 0 Å². The minimum atomic E-state index is -1.02. The van der Waals surface area contributed by atoms with E-state index in [0.717, 1.165) is 0 Å². The van der Waals surface area contributed by atoms with E-state index in [0.29, 0.717) is 21.3 Å². The van der Waals surface area contributed by atoms with Gasteiger partial charge in [-0.2, -0.15) is 0 Å². The molecule has 0 aromatic carbocycles. The number of nitrogens with zero attached hydrogens (tertiary/aromatic N) is 2. The van der Waals surface area contributed by atoms with Crippen molar-refractivity contribution in [1.82, 2.24) is 14.5 Å². The number of aromatic amines is 1. The van der Waals surface area contributed by atoms with Crippen LogP contribution in [0, 0.1) is 6.92 Å². The molecule has 3 atom stereocenters. The number of hydrogen-bond donors (Lipinski definition) is 1. The number of rotatable bonds is 4. The molecule has 192 valence electrons. The van der Waals surface area contributed by atoms with Crippen molar-refractivity contribution in [2.75, 3.05) is 18.1 Å². The molecule has 0 fully saturated rings. The number of hydrogen-bond acceptors (Lipinski definition) is 10. The van der Waals surface area contributed by atoms with Crippen LogP contribution in [0.15, 0.2) is 25.6 Å². The Bertz CT molecular complexity index is 1170. The number of amides is 1. The van der Waals surface area contributed by atoms with Gasteiger partial charge in [-0.15, -0.1) is 23.5 Å². The van der Waals surface area contributed by atoms with Crippen LogP contribution in [0.1, 0.15) is 46.3 Å². The Balaban J connectivity index is 2.30. The quantitative estimate of drug-likeness (QED) is 0.458. The fraction of sp³-hybridized carbons (Fsp3) is 0.591. The van der Waals surface area contributed by atoms with Gasteiger partial charge in [0.25, 0.3) is 5.56 Å². The lowest BCUT2D eigenvalue weighted by molar-refractivity contribution is -0.153. The van der Waals surface area contributed by atoms with Crippen LogP contribution < -0.4 is 11.2 Å². The average molecular weight is 528 g/mol. The van der Waals surface area contributed by atoms with Gasteiger partial charge >= 0.3 is 23.7 Å². The van der Waals surface area contributed by atoms with Crippen molar-refractivity contribution in [3.8, 4) is 0 Å². The molecular weight excluding hydrogens is 498 g/mol. The van der Waals surface area contributed by atoms with E-state index in [9.17, 15) is 24.0 Å². The molecule has 0 saturated heterocycles. The maximum atomic E-state index is 13.6. The summed E-state index contributed by atoms with van der Waals surface area (Å²) in [5.41, 5.74) is -1.89. The molecule has 13 heteroatoms. The van der Waals surface area contributed by atoms with E-state index < -0.39 is 53.2 Å². The number of esters is 2. The summed E-state index contributed by atoms with van der Waals surface area (Å²) in [7, 11) is 0. The Morgan fingerprint density at radius 1 is 1.09 bits per heavy atom. The first-order chi connectivity index (χ1) is 16.3. The van der Waals surface area contributed by atoms with Crippen LogP contribution in [0.5, 0.6) is 0 Å². The molecule has 1 N–H and O–H groups in total. The van der Waals surface area contributed by atoms with Crippen molar-refractivity contribution >= 4 is 41.6 Å². The molecule has 3 heterocycles. The summed E-state index contributed by atoms with van der Waals surface area (Å²) in [6.07, 6.45) is -1.38. The van der Waals surface area contributed by atoms with E-state index >= 15 is 0 Å². The third kappa shape index (κ3) is 6.13. The van der Waals surface area contributed by atoms with E-state index in [1.807, 2.05) is 0 Å². The second kappa shape index (κ2) is 10.5. The maximum Gasteiger partial charge on any atom is 0.412 e. The van der Waals surface area contributed by atoms with Gasteiger partial charge in [0, 0.05) is 46.9 Å². The van der Waals surface area contributed by atoms with Gasteiger partial charge in [0.15, 0.2) is 6.10 Å². The molecule has 2 aliphatic heterocycles. The van der Waals surface area contributed by atoms with E-state index in [4.69, 9.17) is 14.2 Å². The smallest absolute Gasteiger partial charge is 0.412 e. The van der Waals surface area contributed by atoms with E-state index in [1.165, 1.54) is 53.0 Å². The number of thioether (sulfide) groups is 2. The number of ether oxygens (including phenoxy) is 3. The van der Waals surface area contributed by atoms with Crippen molar-refractivity contribution < 1.29 is 28.6 Å². The van der Waals surface area contributed by atoms with Crippen LogP contribution in [-0.4, -0.2) is 68.3 Å². The molecule has 0 bridgehead atoms. The fourth-order valence-electron chi connectivity index (χ4n) is 3.76. The first-order valence-electron chi connectivity index (χ1n) is 10.9. The lowest BCUT2D eigenvalue weighted by Crippen LogP contribution is -2.59. The zero-order valence-electron chi connectivity index (χ0n) is 20.4. The van der Waals surface area contributed by atoms with E-state index in [2.05, 4.69) is 4.98 Å². The SMILES string of the molecule is CC(=O)OC[C@H]1[C@H](OC(C)=O)C2=C(SCCS2)[C@H](n2cc(C)c(=O)[nH]c2=O)N1C(=O)OC(C)(C)C. The van der Waals surface area contributed by atoms with Gasteiger partial charge in [-0.3, -0.25) is 28.8 Å². The summed E-state index contributed by atoms with van der Waals surface area (Å²) in [4.78, 5) is 67.2. The molecule has 0 radical (unpaired) electrons. The zero-order chi connectivity index (χ0) is 26.1. The zero-order valence-corrected chi connectivity index (χ0v) is 22.0. The summed E-state index contributed by atoms with van der Waals surface area (Å²) < 4.78 is 17.9. The summed E-state index contributed by atoms with van der Waals surface area (Å²) in [6.45, 7) is 8.81. The van der Waals surface area contributed by atoms with Crippen LogP contribution in [0.25, 0.3) is 0 Å². The van der Waals surface area contributed by atoms with Gasteiger partial charge < -0.3 is 14.2 Å². The molecule has 1 aromatic heterocycles. The molecule has 0 unspecified atom stereocenters. The summed E-state index contributed by atoms with van der Waals surface area (Å²) >= 11 is 2.87. The third-order valence-corrected chi connectivity index (χ3v) is 7.78. The number of aryl methyl sites for hydroxylation is 1. The molecule has 11 nitrogen and oxygen atoms in total. The van der Waals surface area contributed by atoms with Crippen LogP contribution in [0.4, 0.5) is 4.79 Å². The lowest BCUT2D eigenvalue weighted by Gasteiger charge is -2.47. The number of carbonyl (C=O) groups excluding carboxylic acids is 3. The first-order valence-corrected chi connectivity index (χ1v) is 12.9. The highest BCUT2D eigenvalue weighted by atomic mass is 32.2. The van der Waals surface area contributed by atoms with Crippen molar-refractivity contribution in [3.63, 3.8) is 0 Å². The molecule has 2 aliphatic rings. The van der Waals surface area contributed by atoms with Gasteiger partial charge in [0.2, 0.25) is 0 Å². The minimum absolute atomic E-state index is 0.267. The highest BCUT2D eigenvalue weighted by Crippen LogP contribution is 2.49. The van der Waals surface area contributed by atoms with E-state index in [-0.39, 0.29) is 12.2 Å². The predicted molar refractivity (Wildman–Crippen MR) is 131 cm³/mol. The molecule has 1 amide bonds. The van der Waals surface area contributed by atoms with Crippen LogP contribution in [0.3, 0.4) is 0 Å². The number of aromatic nitrogens is 2. The Morgan fingerprint density at radius 3 is 2.29 bits per heavy atom. The average Bonchev–Trinajstić information content (AvgIpc) is 2.73. The van der Waals surface area contributed by atoms with Crippen LogP contribution in [0.2, 0.25) is 0 Å². The van der Waals surface area contributed by atoms with Gasteiger partial charge in [-0.1, -0.05) is 0 Å². The normalized spacial score (nSPS) is 22.3. The van der Waals surface area contributed by atoms with Crippen LogP contribution in [-0.2, 0) is 23.8 Å². The summed E-state index contributed by atoms with van der Waals surface area (Å²) in [5, 5.41) is 0. The second-order valence-electron chi connectivity index (χ2n) is 9.07. The van der Waals surface area contributed by atoms with Crippen molar-refractivity contribution in [3.05, 3.63) is 42.4 Å². The molecule has 0 spiro atoms. The number of H-pyrrole nitrogens is 1. The third-order valence-electron chi connectivity index (χ3n) is 5.07. The minimum Gasteiger partial charge on any atom is -0.464 e. The maximum absolute atomic E-state index is 13.6. The topological polar surface area (TPSA) is 137 Å². The van der Waals surface area contributed by atoms with Gasteiger partial charge in [-0.25, -0.2) is 9.59 Å². The van der Waals surface area contributed by atoms with Crippen molar-refractivity contribution in [1.29, 1.82) is 0 Å². The number of nitrogens with one attached hydrogen (secondary N) is 1.